The largest absolute Gasteiger partial charge is 0.356 e. The number of nitrogens with zero attached hydrogens (tertiary/aromatic N) is 1. The van der Waals surface area contributed by atoms with Crippen LogP contribution in [0.15, 0.2) is 128 Å². The van der Waals surface area contributed by atoms with E-state index in [9.17, 15) is 0 Å². The molecular weight excluding hydrogens is 436 g/mol. The van der Waals surface area contributed by atoms with E-state index >= 15 is 0 Å². The van der Waals surface area contributed by atoms with E-state index in [2.05, 4.69) is 115 Å². The maximum absolute atomic E-state index is 4.13. The van der Waals surface area contributed by atoms with Crippen molar-refractivity contribution in [2.75, 3.05) is 5.32 Å². The van der Waals surface area contributed by atoms with Crippen LogP contribution in [0.2, 0.25) is 0 Å². The van der Waals surface area contributed by atoms with Gasteiger partial charge in [-0.2, -0.15) is 0 Å². The highest BCUT2D eigenvalue weighted by molar-refractivity contribution is 6.22. The number of nitrogens with one attached hydrogen (secondary N) is 1. The van der Waals surface area contributed by atoms with Gasteiger partial charge >= 0.3 is 0 Å². The Morgan fingerprint density at radius 1 is 0.833 bits per heavy atom. The van der Waals surface area contributed by atoms with Crippen molar-refractivity contribution in [3.63, 3.8) is 0 Å². The fourth-order valence-electron chi connectivity index (χ4n) is 4.87. The zero-order valence-corrected chi connectivity index (χ0v) is 20.8. The van der Waals surface area contributed by atoms with Crippen molar-refractivity contribution in [1.29, 1.82) is 0 Å². The Balaban J connectivity index is 1.80. The normalized spacial score (nSPS) is 12.1. The van der Waals surface area contributed by atoms with Crippen LogP contribution in [0.5, 0.6) is 0 Å². The molecule has 1 N–H and O–H groups in total. The van der Waals surface area contributed by atoms with Crippen molar-refractivity contribution in [1.82, 2.24) is 4.57 Å². The van der Waals surface area contributed by atoms with Crippen LogP contribution in [-0.4, -0.2) is 4.57 Å². The van der Waals surface area contributed by atoms with Crippen LogP contribution in [0.3, 0.4) is 0 Å². The van der Waals surface area contributed by atoms with E-state index in [0.29, 0.717) is 0 Å². The minimum Gasteiger partial charge on any atom is -0.356 e. The summed E-state index contributed by atoms with van der Waals surface area (Å²) in [5.74, 6) is 0. The minimum absolute atomic E-state index is 0.874. The molecule has 0 aliphatic heterocycles. The first-order valence-corrected chi connectivity index (χ1v) is 12.2. The second-order valence-corrected chi connectivity index (χ2v) is 8.90. The number of fused-ring (bicyclic) bond motifs is 5. The first-order chi connectivity index (χ1) is 17.6. The molecular formula is C34H30N2. The van der Waals surface area contributed by atoms with Gasteiger partial charge in [0.15, 0.2) is 0 Å². The van der Waals surface area contributed by atoms with Gasteiger partial charge in [0.1, 0.15) is 0 Å². The Labute approximate surface area is 212 Å². The molecule has 0 saturated heterocycles. The van der Waals surface area contributed by atoms with E-state index < -0.39 is 0 Å². The van der Waals surface area contributed by atoms with Crippen molar-refractivity contribution in [3.8, 4) is 11.1 Å². The van der Waals surface area contributed by atoms with Crippen molar-refractivity contribution < 1.29 is 0 Å². The fourth-order valence-corrected chi connectivity index (χ4v) is 4.87. The highest BCUT2D eigenvalue weighted by Crippen LogP contribution is 2.40. The Morgan fingerprint density at radius 3 is 2.36 bits per heavy atom. The molecule has 0 atom stereocenters. The van der Waals surface area contributed by atoms with Gasteiger partial charge in [0.05, 0.1) is 11.0 Å². The lowest BCUT2D eigenvalue weighted by atomic mass is 9.94. The first-order valence-electron chi connectivity index (χ1n) is 12.2. The number of anilines is 1. The zero-order valence-electron chi connectivity index (χ0n) is 20.8. The lowest BCUT2D eigenvalue weighted by molar-refractivity contribution is 1.30. The number of para-hydroxylation sites is 1. The molecule has 0 amide bonds. The van der Waals surface area contributed by atoms with Crippen LogP contribution in [0.25, 0.3) is 49.9 Å². The molecule has 176 valence electrons. The molecule has 0 saturated carbocycles. The van der Waals surface area contributed by atoms with Crippen molar-refractivity contribution in [2.45, 2.75) is 13.8 Å². The standard InChI is InChI=1S/C34H30N2/c1-5-7-8-13-21-36-33-18-12-11-16-28(33)31-23-30(27-15-9-10-17-29(27)34(31)36)26-20-19-24(3)32(22-26)35-25(4)14-6-2/h5-23,35H,1,4H2,2-3H3/b8-7-,14-6-,21-13-. The van der Waals surface area contributed by atoms with Gasteiger partial charge in [-0.15, -0.1) is 0 Å². The quantitative estimate of drug-likeness (QED) is 0.236. The first kappa shape index (κ1) is 23.2. The maximum Gasteiger partial charge on any atom is 0.0613 e. The van der Waals surface area contributed by atoms with Crippen LogP contribution >= 0.6 is 0 Å². The molecule has 4 aromatic carbocycles. The molecule has 0 unspecified atom stereocenters. The summed E-state index contributed by atoms with van der Waals surface area (Å²) in [5.41, 5.74) is 7.92. The second kappa shape index (κ2) is 9.97. The summed E-state index contributed by atoms with van der Waals surface area (Å²) in [6.07, 6.45) is 13.9. The summed E-state index contributed by atoms with van der Waals surface area (Å²) in [5, 5.41) is 8.40. The summed E-state index contributed by atoms with van der Waals surface area (Å²) in [4.78, 5) is 0. The third-order valence-electron chi connectivity index (χ3n) is 6.52. The average molecular weight is 467 g/mol. The van der Waals surface area contributed by atoms with Crippen LogP contribution < -0.4 is 5.32 Å². The number of aromatic nitrogens is 1. The van der Waals surface area contributed by atoms with Gasteiger partial charge in [0.2, 0.25) is 0 Å². The zero-order chi connectivity index (χ0) is 25.1. The maximum atomic E-state index is 4.13. The fraction of sp³-hybridized carbons (Fsp3) is 0.0588. The molecule has 5 rings (SSSR count). The van der Waals surface area contributed by atoms with Crippen molar-refractivity contribution in [3.05, 3.63) is 134 Å². The molecule has 0 radical (unpaired) electrons. The van der Waals surface area contributed by atoms with Gasteiger partial charge in [-0.05, 0) is 66.3 Å². The molecule has 2 nitrogen and oxygen atoms in total. The molecule has 0 bridgehead atoms. The monoisotopic (exact) mass is 466 g/mol. The predicted molar refractivity (Wildman–Crippen MR) is 159 cm³/mol. The second-order valence-electron chi connectivity index (χ2n) is 8.90. The van der Waals surface area contributed by atoms with Crippen molar-refractivity contribution >= 4 is 44.5 Å². The smallest absolute Gasteiger partial charge is 0.0613 e. The molecule has 1 aromatic heterocycles. The van der Waals surface area contributed by atoms with E-state index in [4.69, 9.17) is 0 Å². The van der Waals surface area contributed by atoms with Gasteiger partial charge in [-0.1, -0.05) is 92.1 Å². The Morgan fingerprint density at radius 2 is 1.58 bits per heavy atom. The summed E-state index contributed by atoms with van der Waals surface area (Å²) in [6, 6.07) is 26.3. The molecule has 0 aliphatic carbocycles. The Hall–Kier alpha value is -4.56. The topological polar surface area (TPSA) is 17.0 Å². The summed E-state index contributed by atoms with van der Waals surface area (Å²) < 4.78 is 2.30. The van der Waals surface area contributed by atoms with Crippen molar-refractivity contribution in [2.24, 2.45) is 0 Å². The molecule has 0 fully saturated rings. The third-order valence-corrected chi connectivity index (χ3v) is 6.52. The number of rotatable bonds is 7. The molecule has 5 aromatic rings. The molecule has 0 aliphatic rings. The molecule has 2 heteroatoms. The minimum atomic E-state index is 0.874. The molecule has 36 heavy (non-hydrogen) atoms. The van der Waals surface area contributed by atoms with Crippen LogP contribution in [0.4, 0.5) is 5.69 Å². The lowest BCUT2D eigenvalue weighted by Crippen LogP contribution is -1.98. The van der Waals surface area contributed by atoms with E-state index in [1.807, 2.05) is 31.2 Å². The summed E-state index contributed by atoms with van der Waals surface area (Å²) in [6.45, 7) is 12.0. The molecule has 0 spiro atoms. The summed E-state index contributed by atoms with van der Waals surface area (Å²) in [7, 11) is 0. The highest BCUT2D eigenvalue weighted by atomic mass is 15.0. The van der Waals surface area contributed by atoms with E-state index in [1.165, 1.54) is 49.3 Å². The Bertz CT molecular complexity index is 1710. The third kappa shape index (κ3) is 4.18. The molecule has 1 heterocycles. The van der Waals surface area contributed by atoms with Gasteiger partial charge in [-0.25, -0.2) is 0 Å². The van der Waals surface area contributed by atoms with E-state index in [0.717, 1.165) is 11.4 Å². The van der Waals surface area contributed by atoms with Gasteiger partial charge in [0.25, 0.3) is 0 Å². The Kier molecular flexibility index (Phi) is 6.42. The van der Waals surface area contributed by atoms with Crippen LogP contribution in [-0.2, 0) is 0 Å². The van der Waals surface area contributed by atoms with Gasteiger partial charge in [-0.3, -0.25) is 0 Å². The number of aryl methyl sites for hydroxylation is 1. The van der Waals surface area contributed by atoms with Crippen LogP contribution in [0, 0.1) is 6.92 Å². The SMILES string of the molecule is C=C/C=C\C=C/n1c2ccccc2c2cc(-c3ccc(C)c(NC(=C)/C=C\C)c3)c3ccccc3c21. The summed E-state index contributed by atoms with van der Waals surface area (Å²) >= 11 is 0. The number of benzene rings is 4. The number of allylic oxidation sites excluding steroid dienone is 6. The van der Waals surface area contributed by atoms with Crippen LogP contribution in [0.1, 0.15) is 12.5 Å². The van der Waals surface area contributed by atoms with Gasteiger partial charge < -0.3 is 9.88 Å². The van der Waals surface area contributed by atoms with E-state index in [-0.39, 0.29) is 0 Å². The van der Waals surface area contributed by atoms with Gasteiger partial charge in [0, 0.05) is 33.7 Å². The average Bonchev–Trinajstić information content (AvgIpc) is 3.21. The lowest BCUT2D eigenvalue weighted by Gasteiger charge is -2.14. The predicted octanol–water partition coefficient (Wildman–Crippen LogP) is 9.64. The highest BCUT2D eigenvalue weighted by Gasteiger charge is 2.16. The number of hydrogen-bond acceptors (Lipinski definition) is 1. The number of hydrogen-bond donors (Lipinski definition) is 1. The van der Waals surface area contributed by atoms with E-state index in [1.54, 1.807) is 6.08 Å².